The van der Waals surface area contributed by atoms with Crippen molar-refractivity contribution in [2.75, 3.05) is 0 Å². The highest BCUT2D eigenvalue weighted by Gasteiger charge is 2.20. The average molecular weight is 436 g/mol. The molecule has 0 saturated heterocycles. The molecular weight excluding hydrogens is 415 g/mol. The summed E-state index contributed by atoms with van der Waals surface area (Å²) in [7, 11) is -6.00. The lowest BCUT2D eigenvalue weighted by molar-refractivity contribution is -0.687. The molecule has 1 aromatic heterocycles. The third kappa shape index (κ3) is 5.97. The maximum Gasteiger partial charge on any atom is 0.673 e. The summed E-state index contributed by atoms with van der Waals surface area (Å²) in [5.41, 5.74) is 2.64. The summed E-state index contributed by atoms with van der Waals surface area (Å²) >= 11 is 0. The Morgan fingerprint density at radius 2 is 1.16 bits per heavy atom. The molecule has 5 rings (SSSR count). The van der Waals surface area contributed by atoms with E-state index in [4.69, 9.17) is 0 Å². The second kappa shape index (κ2) is 9.26. The Balaban J connectivity index is 0.000000444. The van der Waals surface area contributed by atoms with Gasteiger partial charge in [-0.25, -0.2) is 9.13 Å². The third-order valence-corrected chi connectivity index (χ3v) is 5.10. The van der Waals surface area contributed by atoms with Crippen LogP contribution >= 0.6 is 0 Å². The quantitative estimate of drug-likeness (QED) is 0.173. The highest BCUT2D eigenvalue weighted by molar-refractivity contribution is 6.50. The van der Waals surface area contributed by atoms with E-state index < -0.39 is 7.25 Å². The Morgan fingerprint density at radius 1 is 0.656 bits per heavy atom. The Labute approximate surface area is 183 Å². The van der Waals surface area contributed by atoms with Crippen molar-refractivity contribution in [3.05, 3.63) is 115 Å². The first-order chi connectivity index (χ1) is 15.3. The van der Waals surface area contributed by atoms with Crippen LogP contribution in [0, 0.1) is 0 Å². The largest absolute Gasteiger partial charge is 0.673 e. The van der Waals surface area contributed by atoms with Gasteiger partial charge in [-0.15, -0.1) is 0 Å². The number of rotatable bonds is 4. The minimum absolute atomic E-state index is 0.884. The number of nitrogens with zero attached hydrogens (tertiary/aromatic N) is 2. The van der Waals surface area contributed by atoms with Crippen molar-refractivity contribution >= 4 is 28.8 Å². The molecule has 7 heteroatoms. The van der Waals surface area contributed by atoms with Crippen molar-refractivity contribution < 1.29 is 21.8 Å². The van der Waals surface area contributed by atoms with E-state index in [1.807, 2.05) is 0 Å². The predicted molar refractivity (Wildman–Crippen MR) is 121 cm³/mol. The van der Waals surface area contributed by atoms with Gasteiger partial charge in [-0.1, -0.05) is 72.8 Å². The van der Waals surface area contributed by atoms with Crippen LogP contribution in [0.2, 0.25) is 0 Å². The fourth-order valence-corrected chi connectivity index (χ4v) is 3.72. The molecule has 0 bridgehead atoms. The first kappa shape index (κ1) is 21.6. The first-order valence-corrected chi connectivity index (χ1v) is 10.2. The van der Waals surface area contributed by atoms with Crippen LogP contribution in [0.25, 0.3) is 21.5 Å². The molecule has 0 unspecified atom stereocenters. The Kier molecular flexibility index (Phi) is 6.26. The monoisotopic (exact) mass is 436 g/mol. The maximum atomic E-state index is 9.75. The molecule has 0 N–H and O–H groups in total. The summed E-state index contributed by atoms with van der Waals surface area (Å²) < 4.78 is 43.5. The zero-order chi connectivity index (χ0) is 22.6. The molecule has 162 valence electrons. The normalized spacial score (nSPS) is 11.4. The van der Waals surface area contributed by atoms with Crippen LogP contribution in [-0.4, -0.2) is 11.8 Å². The van der Waals surface area contributed by atoms with Gasteiger partial charge in [0.05, 0.1) is 0 Å². The molecule has 0 aliphatic carbocycles. The molecule has 0 amide bonds. The molecule has 0 radical (unpaired) electrons. The second-order valence-corrected chi connectivity index (χ2v) is 7.62. The molecule has 2 nitrogen and oxygen atoms in total. The van der Waals surface area contributed by atoms with Gasteiger partial charge < -0.3 is 17.3 Å². The van der Waals surface area contributed by atoms with Gasteiger partial charge in [-0.3, -0.25) is 0 Å². The number of benzene rings is 4. The van der Waals surface area contributed by atoms with E-state index in [0.717, 1.165) is 13.1 Å². The minimum Gasteiger partial charge on any atom is -0.418 e. The van der Waals surface area contributed by atoms with Crippen LogP contribution in [-0.2, 0) is 13.1 Å². The van der Waals surface area contributed by atoms with E-state index in [1.165, 1.54) is 32.7 Å². The molecule has 0 spiro atoms. The van der Waals surface area contributed by atoms with E-state index in [-0.39, 0.29) is 0 Å². The second-order valence-electron chi connectivity index (χ2n) is 7.62. The van der Waals surface area contributed by atoms with Gasteiger partial charge in [0, 0.05) is 0 Å². The Bertz CT molecular complexity index is 1240. The standard InChI is InChI=1S/C25H21N2.BF4/c1-3-7-24-15-20(9-11-22(24)5-1)17-26-13-14-27(19-26)18-21-10-12-23-6-2-4-8-25(23)16-21;2-1(3,4)5/h1-16,19H,17-18H2;/q+1;-1. The summed E-state index contributed by atoms with van der Waals surface area (Å²) in [5, 5.41) is 5.18. The molecule has 5 aromatic rings. The molecule has 4 aromatic carbocycles. The molecular formula is C25H21BF4N2. The highest BCUT2D eigenvalue weighted by Crippen LogP contribution is 2.17. The number of hydrogen-bond donors (Lipinski definition) is 0. The van der Waals surface area contributed by atoms with Crippen LogP contribution < -0.4 is 4.57 Å². The third-order valence-electron chi connectivity index (χ3n) is 5.10. The number of fused-ring (bicyclic) bond motifs is 2. The number of halogens is 4. The topological polar surface area (TPSA) is 8.81 Å². The summed E-state index contributed by atoms with van der Waals surface area (Å²) in [5.74, 6) is 0. The van der Waals surface area contributed by atoms with E-state index in [1.54, 1.807) is 0 Å². The van der Waals surface area contributed by atoms with Crippen molar-refractivity contribution in [3.8, 4) is 0 Å². The van der Waals surface area contributed by atoms with Gasteiger partial charge in [0.15, 0.2) is 0 Å². The van der Waals surface area contributed by atoms with Gasteiger partial charge >= 0.3 is 7.25 Å². The lowest BCUT2D eigenvalue weighted by atomic mass is 10.1. The fourth-order valence-electron chi connectivity index (χ4n) is 3.72. The first-order valence-electron chi connectivity index (χ1n) is 10.2. The summed E-state index contributed by atoms with van der Waals surface area (Å²) in [6, 6.07) is 30.4. The van der Waals surface area contributed by atoms with E-state index >= 15 is 0 Å². The van der Waals surface area contributed by atoms with Crippen LogP contribution in [0.3, 0.4) is 0 Å². The van der Waals surface area contributed by atoms with Crippen molar-refractivity contribution in [1.82, 2.24) is 4.57 Å². The van der Waals surface area contributed by atoms with Crippen molar-refractivity contribution in [2.45, 2.75) is 13.1 Å². The van der Waals surface area contributed by atoms with Gasteiger partial charge in [0.1, 0.15) is 25.5 Å². The lowest BCUT2D eigenvalue weighted by Gasteiger charge is -2.02. The molecule has 32 heavy (non-hydrogen) atoms. The number of hydrogen-bond acceptors (Lipinski definition) is 0. The predicted octanol–water partition coefficient (Wildman–Crippen LogP) is 6.48. The summed E-state index contributed by atoms with van der Waals surface area (Å²) in [4.78, 5) is 0. The molecule has 0 aliphatic heterocycles. The van der Waals surface area contributed by atoms with Crippen molar-refractivity contribution in [1.29, 1.82) is 0 Å². The fraction of sp³-hybridized carbons (Fsp3) is 0.0800. The Morgan fingerprint density at radius 3 is 1.75 bits per heavy atom. The van der Waals surface area contributed by atoms with Crippen molar-refractivity contribution in [3.63, 3.8) is 0 Å². The van der Waals surface area contributed by atoms with Gasteiger partial charge in [0.25, 0.3) is 0 Å². The van der Waals surface area contributed by atoms with E-state index in [0.29, 0.717) is 0 Å². The number of imidazole rings is 1. The van der Waals surface area contributed by atoms with Crippen LogP contribution in [0.15, 0.2) is 104 Å². The van der Waals surface area contributed by atoms with Gasteiger partial charge in [0.2, 0.25) is 6.33 Å². The molecule has 0 fully saturated rings. The minimum atomic E-state index is -6.00. The summed E-state index contributed by atoms with van der Waals surface area (Å²) in [6.45, 7) is 1.77. The van der Waals surface area contributed by atoms with Crippen LogP contribution in [0.1, 0.15) is 11.1 Å². The SMILES string of the molecule is F[B-](F)(F)F.c1ccc2cc(Cn3cc[n+](Cc4ccc5ccccc5c4)c3)ccc2c1. The summed E-state index contributed by atoms with van der Waals surface area (Å²) in [6.07, 6.45) is 6.48. The Hall–Kier alpha value is -3.61. The van der Waals surface area contributed by atoms with Gasteiger partial charge in [-0.2, -0.15) is 0 Å². The molecule has 0 saturated carbocycles. The van der Waals surface area contributed by atoms with Crippen LogP contribution in [0.5, 0.6) is 0 Å². The highest BCUT2D eigenvalue weighted by atomic mass is 19.5. The van der Waals surface area contributed by atoms with E-state index in [9.17, 15) is 17.3 Å². The molecule has 0 atom stereocenters. The smallest absolute Gasteiger partial charge is 0.418 e. The maximum absolute atomic E-state index is 9.75. The van der Waals surface area contributed by atoms with Crippen molar-refractivity contribution in [2.24, 2.45) is 0 Å². The van der Waals surface area contributed by atoms with Crippen LogP contribution in [0.4, 0.5) is 17.3 Å². The number of aromatic nitrogens is 2. The zero-order valence-electron chi connectivity index (χ0n) is 17.2. The van der Waals surface area contributed by atoms with E-state index in [2.05, 4.69) is 113 Å². The van der Waals surface area contributed by atoms with Gasteiger partial charge in [-0.05, 0) is 44.8 Å². The molecule has 0 aliphatic rings. The average Bonchev–Trinajstić information content (AvgIpc) is 3.19. The lowest BCUT2D eigenvalue weighted by Crippen LogP contribution is -2.31. The zero-order valence-corrected chi connectivity index (χ0v) is 17.2. The molecule has 1 heterocycles.